The second kappa shape index (κ2) is 6.60. The molecule has 2 aromatic rings. The maximum Gasteiger partial charge on any atom is 0.329 e. The van der Waals surface area contributed by atoms with Gasteiger partial charge in [0.2, 0.25) is 0 Å². The molecular formula is C17H15N3O5. The van der Waals surface area contributed by atoms with Crippen LogP contribution in [0.25, 0.3) is 17.4 Å². The Labute approximate surface area is 142 Å². The van der Waals surface area contributed by atoms with Gasteiger partial charge in [-0.2, -0.15) is 0 Å². The first-order chi connectivity index (χ1) is 12.0. The molecule has 0 aliphatic carbocycles. The summed E-state index contributed by atoms with van der Waals surface area (Å²) in [5.41, 5.74) is 0.647. The van der Waals surface area contributed by atoms with E-state index in [1.165, 1.54) is 18.2 Å². The Balaban J connectivity index is 1.85. The van der Waals surface area contributed by atoms with Gasteiger partial charge in [-0.1, -0.05) is 19.1 Å². The summed E-state index contributed by atoms with van der Waals surface area (Å²) in [7, 11) is 0. The van der Waals surface area contributed by atoms with Crippen LogP contribution >= 0.6 is 0 Å². The molecule has 0 saturated carbocycles. The van der Waals surface area contributed by atoms with Crippen molar-refractivity contribution in [2.75, 3.05) is 6.54 Å². The first-order valence-electron chi connectivity index (χ1n) is 7.69. The van der Waals surface area contributed by atoms with E-state index < -0.39 is 16.9 Å². The fourth-order valence-corrected chi connectivity index (χ4v) is 2.50. The van der Waals surface area contributed by atoms with Crippen LogP contribution in [0.1, 0.15) is 19.1 Å². The van der Waals surface area contributed by atoms with Crippen molar-refractivity contribution in [1.29, 1.82) is 0 Å². The number of nitrogens with zero attached hydrogens (tertiary/aromatic N) is 2. The van der Waals surface area contributed by atoms with Gasteiger partial charge in [0.05, 0.1) is 4.92 Å². The van der Waals surface area contributed by atoms with E-state index in [-0.39, 0.29) is 11.4 Å². The van der Waals surface area contributed by atoms with Crippen molar-refractivity contribution in [3.63, 3.8) is 0 Å². The number of hydrogen-bond acceptors (Lipinski definition) is 5. The Morgan fingerprint density at radius 1 is 1.28 bits per heavy atom. The second-order valence-electron chi connectivity index (χ2n) is 5.45. The van der Waals surface area contributed by atoms with Crippen LogP contribution in [0.15, 0.2) is 46.5 Å². The van der Waals surface area contributed by atoms with E-state index in [1.54, 1.807) is 24.3 Å². The first-order valence-corrected chi connectivity index (χ1v) is 7.69. The highest BCUT2D eigenvalue weighted by molar-refractivity contribution is 6.13. The highest BCUT2D eigenvalue weighted by Gasteiger charge is 2.32. The van der Waals surface area contributed by atoms with Crippen LogP contribution < -0.4 is 5.32 Å². The fourth-order valence-electron chi connectivity index (χ4n) is 2.50. The summed E-state index contributed by atoms with van der Waals surface area (Å²) in [6.45, 7) is 2.22. The molecule has 1 aromatic heterocycles. The molecule has 1 aromatic carbocycles. The van der Waals surface area contributed by atoms with Crippen molar-refractivity contribution in [3.05, 3.63) is 58.0 Å². The van der Waals surface area contributed by atoms with Gasteiger partial charge in [0.15, 0.2) is 0 Å². The number of nitro benzene ring substituents is 1. The third kappa shape index (κ3) is 3.27. The number of imide groups is 1. The van der Waals surface area contributed by atoms with Crippen molar-refractivity contribution in [3.8, 4) is 11.3 Å². The number of carbonyl (C=O) groups excluding carboxylic acids is 2. The molecule has 0 atom stereocenters. The Morgan fingerprint density at radius 2 is 2.08 bits per heavy atom. The second-order valence-corrected chi connectivity index (χ2v) is 5.45. The van der Waals surface area contributed by atoms with Gasteiger partial charge < -0.3 is 9.73 Å². The summed E-state index contributed by atoms with van der Waals surface area (Å²) in [6, 6.07) is 8.88. The predicted octanol–water partition coefficient (Wildman–Crippen LogP) is 3.16. The number of nitro groups is 1. The molecule has 1 fully saturated rings. The molecule has 1 aliphatic rings. The van der Waals surface area contributed by atoms with Gasteiger partial charge in [0, 0.05) is 30.3 Å². The summed E-state index contributed by atoms with van der Waals surface area (Å²) < 4.78 is 5.62. The van der Waals surface area contributed by atoms with Gasteiger partial charge in [-0.15, -0.1) is 0 Å². The summed E-state index contributed by atoms with van der Waals surface area (Å²) in [6.07, 6.45) is 2.11. The van der Waals surface area contributed by atoms with E-state index in [1.807, 2.05) is 6.92 Å². The monoisotopic (exact) mass is 341 g/mol. The topological polar surface area (TPSA) is 106 Å². The number of urea groups is 1. The summed E-state index contributed by atoms with van der Waals surface area (Å²) in [4.78, 5) is 35.4. The molecule has 8 heteroatoms. The average Bonchev–Trinajstić information content (AvgIpc) is 3.16. The lowest BCUT2D eigenvalue weighted by atomic mass is 10.1. The summed E-state index contributed by atoms with van der Waals surface area (Å²) in [5, 5.41) is 13.4. The molecule has 0 unspecified atom stereocenters. The summed E-state index contributed by atoms with van der Waals surface area (Å²) in [5.74, 6) is 0.390. The molecule has 3 rings (SSSR count). The number of amides is 3. The molecule has 1 saturated heterocycles. The zero-order valence-electron chi connectivity index (χ0n) is 13.4. The van der Waals surface area contributed by atoms with Gasteiger partial charge in [0.1, 0.15) is 17.2 Å². The molecule has 0 radical (unpaired) electrons. The number of nitrogens with one attached hydrogen (secondary N) is 1. The highest BCUT2D eigenvalue weighted by Crippen LogP contribution is 2.27. The molecule has 128 valence electrons. The van der Waals surface area contributed by atoms with Crippen LogP contribution in [0.3, 0.4) is 0 Å². The lowest BCUT2D eigenvalue weighted by Crippen LogP contribution is -2.31. The minimum atomic E-state index is -0.482. The molecule has 2 heterocycles. The molecule has 1 aliphatic heterocycles. The van der Waals surface area contributed by atoms with Crippen LogP contribution in [0.5, 0.6) is 0 Å². The minimum Gasteiger partial charge on any atom is -0.457 e. The van der Waals surface area contributed by atoms with Crippen LogP contribution in [0.4, 0.5) is 10.5 Å². The van der Waals surface area contributed by atoms with Crippen LogP contribution in [-0.4, -0.2) is 28.3 Å². The molecule has 25 heavy (non-hydrogen) atoms. The standard InChI is InChI=1S/C17H15N3O5/c1-2-8-19-16(21)14(18-17(19)22)10-13-6-7-15(25-13)11-4-3-5-12(9-11)20(23)24/h3-7,9-10H,2,8H2,1H3,(H,18,22)/b14-10+. The number of carbonyl (C=O) groups is 2. The zero-order chi connectivity index (χ0) is 18.0. The lowest BCUT2D eigenvalue weighted by molar-refractivity contribution is -0.384. The molecule has 3 amide bonds. The smallest absolute Gasteiger partial charge is 0.329 e. The fraction of sp³-hybridized carbons (Fsp3) is 0.176. The van der Waals surface area contributed by atoms with Crippen molar-refractivity contribution >= 4 is 23.7 Å². The molecule has 8 nitrogen and oxygen atoms in total. The minimum absolute atomic E-state index is 0.0396. The van der Waals surface area contributed by atoms with E-state index in [9.17, 15) is 19.7 Å². The zero-order valence-corrected chi connectivity index (χ0v) is 13.4. The third-order valence-corrected chi connectivity index (χ3v) is 3.66. The highest BCUT2D eigenvalue weighted by atomic mass is 16.6. The van der Waals surface area contributed by atoms with Gasteiger partial charge in [0.25, 0.3) is 11.6 Å². The van der Waals surface area contributed by atoms with Crippen molar-refractivity contribution < 1.29 is 18.9 Å². The largest absolute Gasteiger partial charge is 0.457 e. The number of furan rings is 1. The number of hydrogen-bond donors (Lipinski definition) is 1. The normalized spacial score (nSPS) is 15.7. The molecule has 1 N–H and O–H groups in total. The van der Waals surface area contributed by atoms with E-state index in [0.717, 1.165) is 4.90 Å². The maximum absolute atomic E-state index is 12.2. The van der Waals surface area contributed by atoms with Crippen molar-refractivity contribution in [2.45, 2.75) is 13.3 Å². The SMILES string of the molecule is CCCN1C(=O)N/C(=C/c2ccc(-c3cccc([N+](=O)[O-])c3)o2)C1=O. The molecule has 0 bridgehead atoms. The molecular weight excluding hydrogens is 326 g/mol. The Kier molecular flexibility index (Phi) is 4.34. The summed E-state index contributed by atoms with van der Waals surface area (Å²) >= 11 is 0. The Morgan fingerprint density at radius 3 is 2.80 bits per heavy atom. The maximum atomic E-state index is 12.2. The van der Waals surface area contributed by atoms with Gasteiger partial charge in [-0.05, 0) is 18.6 Å². The third-order valence-electron chi connectivity index (χ3n) is 3.66. The van der Waals surface area contributed by atoms with E-state index in [0.29, 0.717) is 30.0 Å². The van der Waals surface area contributed by atoms with Gasteiger partial charge >= 0.3 is 6.03 Å². The average molecular weight is 341 g/mol. The molecule has 0 spiro atoms. The van der Waals surface area contributed by atoms with Crippen molar-refractivity contribution in [1.82, 2.24) is 10.2 Å². The van der Waals surface area contributed by atoms with Crippen molar-refractivity contribution in [2.24, 2.45) is 0 Å². The number of benzene rings is 1. The van der Waals surface area contributed by atoms with E-state index in [2.05, 4.69) is 5.32 Å². The van der Waals surface area contributed by atoms with E-state index in [4.69, 9.17) is 4.42 Å². The Bertz CT molecular complexity index is 884. The van der Waals surface area contributed by atoms with Gasteiger partial charge in [-0.3, -0.25) is 19.8 Å². The first kappa shape index (κ1) is 16.4. The van der Waals surface area contributed by atoms with Gasteiger partial charge in [-0.25, -0.2) is 4.79 Å². The quantitative estimate of drug-likeness (QED) is 0.389. The van der Waals surface area contributed by atoms with Crippen LogP contribution in [-0.2, 0) is 4.79 Å². The number of rotatable bonds is 5. The number of non-ortho nitro benzene ring substituents is 1. The predicted molar refractivity (Wildman–Crippen MR) is 89.3 cm³/mol. The van der Waals surface area contributed by atoms with Crippen LogP contribution in [0, 0.1) is 10.1 Å². The Hall–Kier alpha value is -3.42. The van der Waals surface area contributed by atoms with E-state index >= 15 is 0 Å². The lowest BCUT2D eigenvalue weighted by Gasteiger charge is -2.08. The van der Waals surface area contributed by atoms with Crippen LogP contribution in [0.2, 0.25) is 0 Å².